The Labute approximate surface area is 149 Å². The Bertz CT molecular complexity index is 588. The average molecular weight is 349 g/mol. The molecule has 0 bridgehead atoms. The molecule has 2 fully saturated rings. The van der Waals surface area contributed by atoms with E-state index < -0.39 is 12.1 Å². The second-order valence-corrected chi connectivity index (χ2v) is 6.77. The second kappa shape index (κ2) is 7.33. The van der Waals surface area contributed by atoms with Crippen molar-refractivity contribution in [2.75, 3.05) is 19.5 Å². The summed E-state index contributed by atoms with van der Waals surface area (Å²) < 4.78 is 28.9. The molecule has 0 spiro atoms. The van der Waals surface area contributed by atoms with E-state index >= 15 is 0 Å². The fourth-order valence-corrected chi connectivity index (χ4v) is 3.45. The number of benzene rings is 1. The SMILES string of the molecule is C=CC[C@@H](Nc1ccc(OC)cc1)[C@H]1O[C@@H]2OC(C)(C)O[C@@H]2[C@H]1OC. The highest BCUT2D eigenvalue weighted by Gasteiger charge is 2.56. The van der Waals surface area contributed by atoms with E-state index in [-0.39, 0.29) is 24.4 Å². The number of anilines is 1. The standard InChI is InChI=1S/C19H27NO5/c1-6-7-14(20-12-8-10-13(21-4)11-9-12)15-16(22-5)17-18(23-15)25-19(2,3)24-17/h6,8-11,14-18,20H,1,7H2,2-5H3/t14-,15-,16+,17-,18-/m1/s1. The van der Waals surface area contributed by atoms with Crippen LogP contribution in [0.15, 0.2) is 36.9 Å². The van der Waals surface area contributed by atoms with Gasteiger partial charge >= 0.3 is 0 Å². The highest BCUT2D eigenvalue weighted by Crippen LogP contribution is 2.40. The van der Waals surface area contributed by atoms with Gasteiger partial charge in [-0.25, -0.2) is 0 Å². The van der Waals surface area contributed by atoms with E-state index in [4.69, 9.17) is 23.7 Å². The summed E-state index contributed by atoms with van der Waals surface area (Å²) in [7, 11) is 3.33. The predicted molar refractivity (Wildman–Crippen MR) is 94.7 cm³/mol. The van der Waals surface area contributed by atoms with Gasteiger partial charge in [0.15, 0.2) is 12.1 Å². The van der Waals surface area contributed by atoms with Crippen LogP contribution in [-0.4, -0.2) is 50.7 Å². The Morgan fingerprint density at radius 2 is 1.96 bits per heavy atom. The van der Waals surface area contributed by atoms with Crippen LogP contribution in [0, 0.1) is 0 Å². The third kappa shape index (κ3) is 3.82. The first-order chi connectivity index (χ1) is 12.0. The van der Waals surface area contributed by atoms with Gasteiger partial charge in [-0.05, 0) is 44.5 Å². The number of hydrogen-bond donors (Lipinski definition) is 1. The molecule has 2 aliphatic heterocycles. The number of fused-ring (bicyclic) bond motifs is 1. The maximum Gasteiger partial charge on any atom is 0.190 e. The van der Waals surface area contributed by atoms with Crippen molar-refractivity contribution in [3.8, 4) is 5.75 Å². The molecule has 5 atom stereocenters. The summed E-state index contributed by atoms with van der Waals surface area (Å²) in [5, 5.41) is 3.50. The largest absolute Gasteiger partial charge is 0.497 e. The number of rotatable bonds is 7. The fraction of sp³-hybridized carbons (Fsp3) is 0.579. The molecule has 0 radical (unpaired) electrons. The molecule has 1 N–H and O–H groups in total. The molecule has 6 nitrogen and oxygen atoms in total. The summed E-state index contributed by atoms with van der Waals surface area (Å²) in [4.78, 5) is 0. The molecule has 0 amide bonds. The monoisotopic (exact) mass is 349 g/mol. The summed E-state index contributed by atoms with van der Waals surface area (Å²) in [6.07, 6.45) is 1.50. The second-order valence-electron chi connectivity index (χ2n) is 6.77. The number of nitrogens with one attached hydrogen (secondary N) is 1. The van der Waals surface area contributed by atoms with Gasteiger partial charge in [-0.3, -0.25) is 0 Å². The van der Waals surface area contributed by atoms with Crippen LogP contribution in [0.1, 0.15) is 20.3 Å². The predicted octanol–water partition coefficient (Wildman–Crippen LogP) is 2.94. The summed E-state index contributed by atoms with van der Waals surface area (Å²) >= 11 is 0. The van der Waals surface area contributed by atoms with Crippen LogP contribution in [0.4, 0.5) is 5.69 Å². The number of methoxy groups -OCH3 is 2. The lowest BCUT2D eigenvalue weighted by atomic mass is 10.00. The van der Waals surface area contributed by atoms with Crippen LogP contribution < -0.4 is 10.1 Å². The van der Waals surface area contributed by atoms with Crippen LogP contribution in [0.5, 0.6) is 5.75 Å². The van der Waals surface area contributed by atoms with Gasteiger partial charge in [0, 0.05) is 12.8 Å². The third-order valence-corrected chi connectivity index (χ3v) is 4.56. The average Bonchev–Trinajstić information content (AvgIpc) is 3.06. The maximum absolute atomic E-state index is 6.15. The molecule has 25 heavy (non-hydrogen) atoms. The Kier molecular flexibility index (Phi) is 5.34. The molecule has 2 saturated heterocycles. The van der Waals surface area contributed by atoms with Crippen LogP contribution in [0.3, 0.4) is 0 Å². The van der Waals surface area contributed by atoms with Crippen LogP contribution in [-0.2, 0) is 18.9 Å². The van der Waals surface area contributed by atoms with E-state index in [0.717, 1.165) is 17.9 Å². The molecule has 1 aromatic carbocycles. The van der Waals surface area contributed by atoms with Crippen molar-refractivity contribution < 1.29 is 23.7 Å². The highest BCUT2D eigenvalue weighted by atomic mass is 16.8. The lowest BCUT2D eigenvalue weighted by Crippen LogP contribution is -2.45. The van der Waals surface area contributed by atoms with Gasteiger partial charge in [-0.1, -0.05) is 6.08 Å². The normalized spacial score (nSPS) is 31.4. The Morgan fingerprint density at radius 3 is 2.56 bits per heavy atom. The zero-order valence-corrected chi connectivity index (χ0v) is 15.2. The Hall–Kier alpha value is -1.60. The van der Waals surface area contributed by atoms with Gasteiger partial charge < -0.3 is 29.0 Å². The van der Waals surface area contributed by atoms with Crippen molar-refractivity contribution in [3.05, 3.63) is 36.9 Å². The molecule has 6 heteroatoms. The van der Waals surface area contributed by atoms with Gasteiger partial charge in [-0.15, -0.1) is 6.58 Å². The number of ether oxygens (including phenoxy) is 5. The third-order valence-electron chi connectivity index (χ3n) is 4.56. The van der Waals surface area contributed by atoms with Crippen LogP contribution in [0.2, 0.25) is 0 Å². The van der Waals surface area contributed by atoms with E-state index in [9.17, 15) is 0 Å². The van der Waals surface area contributed by atoms with Crippen molar-refractivity contribution in [2.24, 2.45) is 0 Å². The lowest BCUT2D eigenvalue weighted by Gasteiger charge is -2.31. The molecule has 2 aliphatic rings. The van der Waals surface area contributed by atoms with E-state index in [1.54, 1.807) is 14.2 Å². The lowest BCUT2D eigenvalue weighted by molar-refractivity contribution is -0.218. The number of hydrogen-bond acceptors (Lipinski definition) is 6. The van der Waals surface area contributed by atoms with Crippen molar-refractivity contribution in [2.45, 2.75) is 56.7 Å². The molecule has 0 aliphatic carbocycles. The van der Waals surface area contributed by atoms with Crippen LogP contribution >= 0.6 is 0 Å². The smallest absolute Gasteiger partial charge is 0.190 e. The minimum Gasteiger partial charge on any atom is -0.497 e. The first kappa shape index (κ1) is 18.2. The van der Waals surface area contributed by atoms with E-state index in [1.165, 1.54) is 0 Å². The Balaban J connectivity index is 1.74. The molecule has 0 aromatic heterocycles. The van der Waals surface area contributed by atoms with Gasteiger partial charge in [0.2, 0.25) is 0 Å². The van der Waals surface area contributed by atoms with Gasteiger partial charge in [0.05, 0.1) is 13.2 Å². The van der Waals surface area contributed by atoms with E-state index in [1.807, 2.05) is 44.2 Å². The van der Waals surface area contributed by atoms with Crippen LogP contribution in [0.25, 0.3) is 0 Å². The molecular formula is C19H27NO5. The molecule has 2 heterocycles. The quantitative estimate of drug-likeness (QED) is 0.764. The summed E-state index contributed by atoms with van der Waals surface area (Å²) in [6, 6.07) is 7.77. The Morgan fingerprint density at radius 1 is 1.24 bits per heavy atom. The molecule has 1 aromatic rings. The fourth-order valence-electron chi connectivity index (χ4n) is 3.45. The van der Waals surface area contributed by atoms with Crippen molar-refractivity contribution in [1.82, 2.24) is 0 Å². The minimum absolute atomic E-state index is 0.0169. The van der Waals surface area contributed by atoms with E-state index in [2.05, 4.69) is 11.9 Å². The zero-order chi connectivity index (χ0) is 18.0. The van der Waals surface area contributed by atoms with Gasteiger partial charge in [0.25, 0.3) is 0 Å². The van der Waals surface area contributed by atoms with Gasteiger partial charge in [-0.2, -0.15) is 0 Å². The maximum atomic E-state index is 6.15. The summed E-state index contributed by atoms with van der Waals surface area (Å²) in [6.45, 7) is 7.63. The van der Waals surface area contributed by atoms with Gasteiger partial charge in [0.1, 0.15) is 24.1 Å². The molecule has 0 unspecified atom stereocenters. The van der Waals surface area contributed by atoms with Crippen molar-refractivity contribution >= 4 is 5.69 Å². The molecule has 3 rings (SSSR count). The molecule has 138 valence electrons. The first-order valence-electron chi connectivity index (χ1n) is 8.53. The molecule has 0 saturated carbocycles. The summed E-state index contributed by atoms with van der Waals surface area (Å²) in [5.41, 5.74) is 0.977. The molecular weight excluding hydrogens is 322 g/mol. The topological polar surface area (TPSA) is 58.2 Å². The van der Waals surface area contributed by atoms with Crippen molar-refractivity contribution in [3.63, 3.8) is 0 Å². The zero-order valence-electron chi connectivity index (χ0n) is 15.2. The summed E-state index contributed by atoms with van der Waals surface area (Å²) in [5.74, 6) is 0.158. The first-order valence-corrected chi connectivity index (χ1v) is 8.53. The van der Waals surface area contributed by atoms with Crippen molar-refractivity contribution in [1.29, 1.82) is 0 Å². The highest BCUT2D eigenvalue weighted by molar-refractivity contribution is 5.47. The van der Waals surface area contributed by atoms with E-state index in [0.29, 0.717) is 0 Å². The minimum atomic E-state index is -0.658.